The van der Waals surface area contributed by atoms with Gasteiger partial charge in [-0.2, -0.15) is 0 Å². The Hall–Kier alpha value is -1.27. The standard InChI is InChI=1S/C13H17F3N2O/c1-19-10-4-2-3-9(14)11(10)12(13(15)16)18-7-5-17-6-8-18/h2-4,12-13,17H,5-8H2,1H3/t12-/m1/s1. The zero-order valence-corrected chi connectivity index (χ0v) is 10.7. The van der Waals surface area contributed by atoms with Gasteiger partial charge in [0.05, 0.1) is 12.7 Å². The third-order valence-electron chi connectivity index (χ3n) is 3.31. The van der Waals surface area contributed by atoms with E-state index >= 15 is 0 Å². The molecule has 6 heteroatoms. The number of alkyl halides is 2. The Morgan fingerprint density at radius 3 is 2.53 bits per heavy atom. The summed E-state index contributed by atoms with van der Waals surface area (Å²) in [6.45, 7) is 2.18. The smallest absolute Gasteiger partial charge is 0.258 e. The van der Waals surface area contributed by atoms with Gasteiger partial charge in [-0.3, -0.25) is 4.90 Å². The highest BCUT2D eigenvalue weighted by Crippen LogP contribution is 2.35. The van der Waals surface area contributed by atoms with Gasteiger partial charge in [0.1, 0.15) is 17.6 Å². The van der Waals surface area contributed by atoms with Crippen molar-refractivity contribution in [3.63, 3.8) is 0 Å². The van der Waals surface area contributed by atoms with Gasteiger partial charge in [-0.05, 0) is 12.1 Å². The SMILES string of the molecule is COc1cccc(F)c1[C@H](C(F)F)N1CCNCC1. The molecule has 0 spiro atoms. The van der Waals surface area contributed by atoms with Gasteiger partial charge in [0, 0.05) is 26.2 Å². The van der Waals surface area contributed by atoms with E-state index in [-0.39, 0.29) is 11.3 Å². The molecule has 1 aliphatic heterocycles. The van der Waals surface area contributed by atoms with Crippen molar-refractivity contribution in [2.24, 2.45) is 0 Å². The van der Waals surface area contributed by atoms with Crippen molar-refractivity contribution in [2.75, 3.05) is 33.3 Å². The van der Waals surface area contributed by atoms with Crippen LogP contribution in [0.1, 0.15) is 11.6 Å². The first-order valence-corrected chi connectivity index (χ1v) is 6.20. The average molecular weight is 274 g/mol. The molecular weight excluding hydrogens is 257 g/mol. The molecule has 1 N–H and O–H groups in total. The fraction of sp³-hybridized carbons (Fsp3) is 0.538. The minimum absolute atomic E-state index is 0.0538. The summed E-state index contributed by atoms with van der Waals surface area (Å²) in [5, 5.41) is 3.09. The Kier molecular flexibility index (Phi) is 4.66. The quantitative estimate of drug-likeness (QED) is 0.909. The van der Waals surface area contributed by atoms with E-state index < -0.39 is 18.3 Å². The number of hydrogen-bond acceptors (Lipinski definition) is 3. The lowest BCUT2D eigenvalue weighted by molar-refractivity contribution is 0.0152. The van der Waals surface area contributed by atoms with E-state index in [0.717, 1.165) is 0 Å². The molecule has 2 rings (SSSR count). The van der Waals surface area contributed by atoms with E-state index in [2.05, 4.69) is 5.32 Å². The molecule has 1 heterocycles. The Morgan fingerprint density at radius 1 is 1.26 bits per heavy atom. The summed E-state index contributed by atoms with van der Waals surface area (Å²) in [4.78, 5) is 1.60. The number of rotatable bonds is 4. The number of hydrogen-bond donors (Lipinski definition) is 1. The van der Waals surface area contributed by atoms with Crippen molar-refractivity contribution in [3.05, 3.63) is 29.6 Å². The van der Waals surface area contributed by atoms with Crippen LogP contribution in [-0.2, 0) is 0 Å². The molecule has 1 saturated heterocycles. The maximum Gasteiger partial charge on any atom is 0.258 e. The average Bonchev–Trinajstić information content (AvgIpc) is 2.41. The van der Waals surface area contributed by atoms with E-state index in [9.17, 15) is 13.2 Å². The van der Waals surface area contributed by atoms with Crippen molar-refractivity contribution in [1.82, 2.24) is 10.2 Å². The van der Waals surface area contributed by atoms with E-state index in [1.807, 2.05) is 0 Å². The minimum Gasteiger partial charge on any atom is -0.496 e. The highest BCUT2D eigenvalue weighted by atomic mass is 19.3. The van der Waals surface area contributed by atoms with Crippen LogP contribution in [0, 0.1) is 5.82 Å². The van der Waals surface area contributed by atoms with E-state index in [4.69, 9.17) is 4.74 Å². The van der Waals surface area contributed by atoms with Gasteiger partial charge in [-0.15, -0.1) is 0 Å². The van der Waals surface area contributed by atoms with Crippen LogP contribution < -0.4 is 10.1 Å². The number of benzene rings is 1. The molecule has 1 fully saturated rings. The van der Waals surface area contributed by atoms with Crippen LogP contribution in [0.3, 0.4) is 0 Å². The molecule has 106 valence electrons. The molecule has 3 nitrogen and oxygen atoms in total. The van der Waals surface area contributed by atoms with Crippen LogP contribution in [0.4, 0.5) is 13.2 Å². The third kappa shape index (κ3) is 3.01. The van der Waals surface area contributed by atoms with Crippen LogP contribution in [0.2, 0.25) is 0 Å². The fourth-order valence-corrected chi connectivity index (χ4v) is 2.41. The second-order valence-electron chi connectivity index (χ2n) is 4.42. The van der Waals surface area contributed by atoms with E-state index in [1.54, 1.807) is 4.90 Å². The second kappa shape index (κ2) is 6.25. The first kappa shape index (κ1) is 14.1. The Balaban J connectivity index is 2.38. The number of piperazine rings is 1. The molecule has 1 aromatic carbocycles. The van der Waals surface area contributed by atoms with Crippen molar-refractivity contribution in [1.29, 1.82) is 0 Å². The number of methoxy groups -OCH3 is 1. The molecule has 1 aliphatic rings. The minimum atomic E-state index is -2.66. The number of halogens is 3. The Bertz CT molecular complexity index is 422. The summed E-state index contributed by atoms with van der Waals surface area (Å²) in [6.07, 6.45) is -2.66. The van der Waals surface area contributed by atoms with Crippen LogP contribution in [0.5, 0.6) is 5.75 Å². The predicted octanol–water partition coefficient (Wildman–Crippen LogP) is 2.05. The van der Waals surface area contributed by atoms with Crippen LogP contribution in [0.15, 0.2) is 18.2 Å². The highest BCUT2D eigenvalue weighted by Gasteiger charge is 2.34. The first-order chi connectivity index (χ1) is 9.15. The predicted molar refractivity (Wildman–Crippen MR) is 66.1 cm³/mol. The molecule has 0 aliphatic carbocycles. The Labute approximate surface area is 110 Å². The molecular formula is C13H17F3N2O. The number of nitrogens with zero attached hydrogens (tertiary/aromatic N) is 1. The summed E-state index contributed by atoms with van der Waals surface area (Å²) in [5.41, 5.74) is -0.0538. The van der Waals surface area contributed by atoms with Gasteiger partial charge in [-0.25, -0.2) is 13.2 Å². The maximum absolute atomic E-state index is 13.9. The summed E-state index contributed by atoms with van der Waals surface area (Å²) in [7, 11) is 1.36. The number of nitrogens with one attached hydrogen (secondary N) is 1. The van der Waals surface area contributed by atoms with Gasteiger partial charge >= 0.3 is 0 Å². The summed E-state index contributed by atoms with van der Waals surface area (Å²) in [5.74, 6) is -0.480. The van der Waals surface area contributed by atoms with Crippen LogP contribution >= 0.6 is 0 Å². The lowest BCUT2D eigenvalue weighted by atomic mass is 10.0. The van der Waals surface area contributed by atoms with Gasteiger partial charge < -0.3 is 10.1 Å². The summed E-state index contributed by atoms with van der Waals surface area (Å²) >= 11 is 0. The van der Waals surface area contributed by atoms with E-state index in [0.29, 0.717) is 26.2 Å². The lowest BCUT2D eigenvalue weighted by Gasteiger charge is -2.35. The van der Waals surface area contributed by atoms with Gasteiger partial charge in [0.25, 0.3) is 6.43 Å². The summed E-state index contributed by atoms with van der Waals surface area (Å²) < 4.78 is 45.7. The van der Waals surface area contributed by atoms with Crippen LogP contribution in [-0.4, -0.2) is 44.6 Å². The van der Waals surface area contributed by atoms with Gasteiger partial charge in [0.15, 0.2) is 0 Å². The summed E-state index contributed by atoms with van der Waals surface area (Å²) in [6, 6.07) is 2.89. The Morgan fingerprint density at radius 2 is 1.95 bits per heavy atom. The van der Waals surface area contributed by atoms with Crippen molar-refractivity contribution in [3.8, 4) is 5.75 Å². The monoisotopic (exact) mass is 274 g/mol. The van der Waals surface area contributed by atoms with Gasteiger partial charge in [-0.1, -0.05) is 6.07 Å². The van der Waals surface area contributed by atoms with Gasteiger partial charge in [0.2, 0.25) is 0 Å². The lowest BCUT2D eigenvalue weighted by Crippen LogP contribution is -2.47. The maximum atomic E-state index is 13.9. The molecule has 0 bridgehead atoms. The topological polar surface area (TPSA) is 24.5 Å². The first-order valence-electron chi connectivity index (χ1n) is 6.20. The molecule has 0 saturated carbocycles. The molecule has 1 atom stereocenters. The largest absolute Gasteiger partial charge is 0.496 e. The van der Waals surface area contributed by atoms with Crippen LogP contribution in [0.25, 0.3) is 0 Å². The highest BCUT2D eigenvalue weighted by molar-refractivity contribution is 5.37. The zero-order chi connectivity index (χ0) is 13.8. The molecule has 0 aromatic heterocycles. The molecule has 0 amide bonds. The normalized spacial score (nSPS) is 18.6. The molecule has 1 aromatic rings. The molecule has 19 heavy (non-hydrogen) atoms. The second-order valence-corrected chi connectivity index (χ2v) is 4.42. The molecule has 0 unspecified atom stereocenters. The number of ether oxygens (including phenoxy) is 1. The van der Waals surface area contributed by atoms with Crippen molar-refractivity contribution < 1.29 is 17.9 Å². The van der Waals surface area contributed by atoms with Crippen molar-refractivity contribution in [2.45, 2.75) is 12.5 Å². The van der Waals surface area contributed by atoms with E-state index in [1.165, 1.54) is 25.3 Å². The van der Waals surface area contributed by atoms with Crippen molar-refractivity contribution >= 4 is 0 Å². The zero-order valence-electron chi connectivity index (χ0n) is 10.7. The molecule has 0 radical (unpaired) electrons. The fourth-order valence-electron chi connectivity index (χ4n) is 2.41. The third-order valence-corrected chi connectivity index (χ3v) is 3.31.